The zero-order chi connectivity index (χ0) is 16.3. The molecule has 0 aromatic rings. The number of thioether (sulfide) groups is 1. The van der Waals surface area contributed by atoms with E-state index < -0.39 is 12.0 Å². The van der Waals surface area contributed by atoms with E-state index in [1.807, 2.05) is 6.26 Å². The highest BCUT2D eigenvalue weighted by molar-refractivity contribution is 7.98. The molecule has 6 nitrogen and oxygen atoms in total. The second kappa shape index (κ2) is 11.4. The van der Waals surface area contributed by atoms with Crippen molar-refractivity contribution in [3.63, 3.8) is 0 Å². The smallest absolute Gasteiger partial charge is 0.328 e. The maximum atomic E-state index is 12.0. The molecule has 0 aliphatic carbocycles. The van der Waals surface area contributed by atoms with E-state index in [9.17, 15) is 14.4 Å². The molecule has 21 heavy (non-hydrogen) atoms. The summed E-state index contributed by atoms with van der Waals surface area (Å²) in [5.74, 6) is -0.326. The lowest BCUT2D eigenvalue weighted by Crippen LogP contribution is -2.46. The van der Waals surface area contributed by atoms with Gasteiger partial charge in [-0.1, -0.05) is 0 Å². The van der Waals surface area contributed by atoms with Gasteiger partial charge in [0.15, 0.2) is 0 Å². The normalized spacial score (nSPS) is 11.6. The number of carbonyl (C=O) groups excluding carboxylic acids is 3. The number of carbonyl (C=O) groups is 3. The van der Waals surface area contributed by atoms with Gasteiger partial charge < -0.3 is 14.4 Å². The van der Waals surface area contributed by atoms with Crippen LogP contribution in [0.15, 0.2) is 0 Å². The number of amides is 1. The fourth-order valence-electron chi connectivity index (χ4n) is 1.85. The van der Waals surface area contributed by atoms with E-state index in [2.05, 4.69) is 0 Å². The summed E-state index contributed by atoms with van der Waals surface area (Å²) in [4.78, 5) is 36.6. The molecule has 0 aromatic heterocycles. The lowest BCUT2D eigenvalue weighted by molar-refractivity contribution is -0.155. The first-order chi connectivity index (χ1) is 9.97. The van der Waals surface area contributed by atoms with Gasteiger partial charge in [0.1, 0.15) is 6.04 Å². The van der Waals surface area contributed by atoms with Gasteiger partial charge >= 0.3 is 11.9 Å². The van der Waals surface area contributed by atoms with Gasteiger partial charge in [-0.2, -0.15) is 11.8 Å². The zero-order valence-electron chi connectivity index (χ0n) is 13.2. The van der Waals surface area contributed by atoms with Crippen LogP contribution < -0.4 is 0 Å². The van der Waals surface area contributed by atoms with Crippen LogP contribution in [-0.2, 0) is 23.9 Å². The van der Waals surface area contributed by atoms with Crippen molar-refractivity contribution in [2.24, 2.45) is 0 Å². The van der Waals surface area contributed by atoms with Gasteiger partial charge in [0, 0.05) is 13.5 Å². The van der Waals surface area contributed by atoms with E-state index in [-0.39, 0.29) is 31.4 Å². The fourth-order valence-corrected chi connectivity index (χ4v) is 2.31. The topological polar surface area (TPSA) is 72.9 Å². The third-order valence-electron chi connectivity index (χ3n) is 2.80. The fraction of sp³-hybridized carbons (Fsp3) is 0.786. The quantitative estimate of drug-likeness (QED) is 0.568. The highest BCUT2D eigenvalue weighted by Crippen LogP contribution is 2.12. The molecule has 0 fully saturated rings. The van der Waals surface area contributed by atoms with E-state index in [0.717, 1.165) is 5.75 Å². The summed E-state index contributed by atoms with van der Waals surface area (Å²) in [6, 6.07) is -0.649. The molecule has 7 heteroatoms. The average molecular weight is 319 g/mol. The molecule has 0 unspecified atom stereocenters. The van der Waals surface area contributed by atoms with Crippen LogP contribution in [0, 0.1) is 0 Å². The van der Waals surface area contributed by atoms with Gasteiger partial charge in [0.25, 0.3) is 0 Å². The van der Waals surface area contributed by atoms with Crippen molar-refractivity contribution < 1.29 is 23.9 Å². The minimum Gasteiger partial charge on any atom is -0.466 e. The first kappa shape index (κ1) is 19.8. The molecule has 0 N–H and O–H groups in total. The second-order valence-electron chi connectivity index (χ2n) is 4.32. The van der Waals surface area contributed by atoms with Gasteiger partial charge in [-0.05, 0) is 32.3 Å². The lowest BCUT2D eigenvalue weighted by Gasteiger charge is -2.29. The van der Waals surface area contributed by atoms with Gasteiger partial charge in [-0.15, -0.1) is 0 Å². The summed E-state index contributed by atoms with van der Waals surface area (Å²) in [6.07, 6.45) is 2.50. The third-order valence-corrected chi connectivity index (χ3v) is 3.44. The predicted molar refractivity (Wildman–Crippen MR) is 82.1 cm³/mol. The molecule has 0 rings (SSSR count). The Morgan fingerprint density at radius 2 is 1.76 bits per heavy atom. The van der Waals surface area contributed by atoms with Crippen LogP contribution in [0.2, 0.25) is 0 Å². The van der Waals surface area contributed by atoms with E-state index in [1.165, 1.54) is 11.8 Å². The van der Waals surface area contributed by atoms with E-state index >= 15 is 0 Å². The number of nitrogens with zero attached hydrogens (tertiary/aromatic N) is 1. The molecule has 1 atom stereocenters. The highest BCUT2D eigenvalue weighted by Gasteiger charge is 2.29. The number of esters is 2. The van der Waals surface area contributed by atoms with Gasteiger partial charge in [0.05, 0.1) is 19.6 Å². The Morgan fingerprint density at radius 1 is 1.14 bits per heavy atom. The third kappa shape index (κ3) is 7.94. The Balaban J connectivity index is 4.82. The second-order valence-corrected chi connectivity index (χ2v) is 5.30. The summed E-state index contributed by atoms with van der Waals surface area (Å²) in [6.45, 7) is 5.55. The maximum Gasteiger partial charge on any atom is 0.328 e. The average Bonchev–Trinajstić information content (AvgIpc) is 2.42. The van der Waals surface area contributed by atoms with Crippen LogP contribution >= 0.6 is 11.8 Å². The summed E-state index contributed by atoms with van der Waals surface area (Å²) in [5.41, 5.74) is 0. The Labute approximate surface area is 130 Å². The van der Waals surface area contributed by atoms with E-state index in [4.69, 9.17) is 9.47 Å². The number of ether oxygens (including phenoxy) is 2. The molecule has 0 bridgehead atoms. The summed E-state index contributed by atoms with van der Waals surface area (Å²) >= 11 is 1.59. The molecule has 0 aliphatic rings. The molecule has 0 radical (unpaired) electrons. The summed E-state index contributed by atoms with van der Waals surface area (Å²) in [5, 5.41) is 0. The van der Waals surface area contributed by atoms with Crippen molar-refractivity contribution in [3.05, 3.63) is 0 Å². The molecule has 1 amide bonds. The first-order valence-electron chi connectivity index (χ1n) is 7.06. The largest absolute Gasteiger partial charge is 0.466 e. The van der Waals surface area contributed by atoms with Crippen LogP contribution in [0.5, 0.6) is 0 Å². The van der Waals surface area contributed by atoms with Gasteiger partial charge in [-0.25, -0.2) is 4.79 Å². The molecule has 122 valence electrons. The van der Waals surface area contributed by atoms with Crippen LogP contribution in [0.25, 0.3) is 0 Å². The molecule has 0 spiro atoms. The minimum absolute atomic E-state index is 0.0720. The van der Waals surface area contributed by atoms with Crippen molar-refractivity contribution in [2.45, 2.75) is 39.7 Å². The molecule has 0 heterocycles. The Kier molecular flexibility index (Phi) is 10.7. The van der Waals surface area contributed by atoms with Gasteiger partial charge in [-0.3, -0.25) is 9.59 Å². The first-order valence-corrected chi connectivity index (χ1v) is 8.45. The number of rotatable bonds is 10. The van der Waals surface area contributed by atoms with Gasteiger partial charge in [0.2, 0.25) is 5.91 Å². The molecule has 0 saturated heterocycles. The number of hydrogen-bond donors (Lipinski definition) is 0. The van der Waals surface area contributed by atoms with Crippen molar-refractivity contribution in [3.8, 4) is 0 Å². The minimum atomic E-state index is -0.649. The predicted octanol–water partition coefficient (Wildman–Crippen LogP) is 1.47. The monoisotopic (exact) mass is 319 g/mol. The van der Waals surface area contributed by atoms with Crippen LogP contribution in [-0.4, -0.2) is 60.6 Å². The molecule has 0 saturated carbocycles. The van der Waals surface area contributed by atoms with Crippen LogP contribution in [0.4, 0.5) is 0 Å². The SMILES string of the molecule is CCOC(=O)CCN(C(C)=O)[C@@H](CCSC)C(=O)OCC. The van der Waals surface area contributed by atoms with E-state index in [1.54, 1.807) is 25.6 Å². The number of hydrogen-bond acceptors (Lipinski definition) is 6. The molecular weight excluding hydrogens is 294 g/mol. The zero-order valence-corrected chi connectivity index (χ0v) is 14.0. The van der Waals surface area contributed by atoms with Crippen molar-refractivity contribution >= 4 is 29.6 Å². The van der Waals surface area contributed by atoms with Crippen LogP contribution in [0.3, 0.4) is 0 Å². The lowest BCUT2D eigenvalue weighted by atomic mass is 10.1. The van der Waals surface area contributed by atoms with Crippen LogP contribution in [0.1, 0.15) is 33.6 Å². The Hall–Kier alpha value is -1.24. The standard InChI is InChI=1S/C14H25NO5S/c1-5-19-13(17)7-9-15(11(3)16)12(8-10-21-4)14(18)20-6-2/h12H,5-10H2,1-4H3/t12-/m0/s1. The summed E-state index contributed by atoms with van der Waals surface area (Å²) in [7, 11) is 0. The molecule has 0 aliphatic heterocycles. The summed E-state index contributed by atoms with van der Waals surface area (Å²) < 4.78 is 9.87. The molecule has 0 aromatic carbocycles. The maximum absolute atomic E-state index is 12.0. The van der Waals surface area contributed by atoms with E-state index in [0.29, 0.717) is 13.0 Å². The Bertz CT molecular complexity index is 348. The van der Waals surface area contributed by atoms with Crippen molar-refractivity contribution in [1.29, 1.82) is 0 Å². The van der Waals surface area contributed by atoms with Crippen molar-refractivity contribution in [2.75, 3.05) is 31.8 Å². The molecular formula is C14H25NO5S. The Morgan fingerprint density at radius 3 is 2.24 bits per heavy atom. The van der Waals surface area contributed by atoms with Crippen molar-refractivity contribution in [1.82, 2.24) is 4.90 Å². The highest BCUT2D eigenvalue weighted by atomic mass is 32.2.